The van der Waals surface area contributed by atoms with Gasteiger partial charge in [-0.3, -0.25) is 14.9 Å². The molecule has 2 atom stereocenters. The Morgan fingerprint density at radius 3 is 2.48 bits per heavy atom. The molecule has 1 N–H and O–H groups in total. The van der Waals surface area contributed by atoms with Crippen molar-refractivity contribution in [2.24, 2.45) is 0 Å². The molecule has 0 amide bonds. The predicted molar refractivity (Wildman–Crippen MR) is 101 cm³/mol. The summed E-state index contributed by atoms with van der Waals surface area (Å²) in [6.45, 7) is 7.99. The van der Waals surface area contributed by atoms with Crippen LogP contribution in [0.2, 0.25) is 0 Å². The number of nitrogens with zero attached hydrogens (tertiary/aromatic N) is 1. The molecule has 0 saturated heterocycles. The standard InChI is InChI=1S/C18H14ClNO5.C2H6/c1-9(2)10-6-7-12-14(8-10)25-18(22)15-11(16(21)17(12,18)19)4-3-5-13(15)20(23)24;1-2/h3-9,22H,1-2H3;1-2H3. The Bertz CT molecular complexity index is 957. The fraction of sp³-hybridized carbons (Fsp3) is 0.350. The first-order chi connectivity index (χ1) is 12.7. The molecule has 1 aliphatic heterocycles. The summed E-state index contributed by atoms with van der Waals surface area (Å²) in [6.07, 6.45) is 0. The number of fused-ring (bicyclic) bond motifs is 5. The van der Waals surface area contributed by atoms with Crippen LogP contribution < -0.4 is 4.74 Å². The van der Waals surface area contributed by atoms with Crippen LogP contribution in [0.15, 0.2) is 36.4 Å². The Kier molecular flexibility index (Phi) is 4.52. The fourth-order valence-electron chi connectivity index (χ4n) is 3.60. The largest absolute Gasteiger partial charge is 0.455 e. The number of hydrogen-bond donors (Lipinski definition) is 1. The molecule has 0 aromatic heterocycles. The van der Waals surface area contributed by atoms with E-state index < -0.39 is 27.1 Å². The topological polar surface area (TPSA) is 89.7 Å². The smallest absolute Gasteiger partial charge is 0.280 e. The first kappa shape index (κ1) is 19.3. The van der Waals surface area contributed by atoms with Gasteiger partial charge in [-0.25, -0.2) is 0 Å². The van der Waals surface area contributed by atoms with Crippen molar-refractivity contribution < 1.29 is 19.6 Å². The highest BCUT2D eigenvalue weighted by atomic mass is 35.5. The van der Waals surface area contributed by atoms with Crippen molar-refractivity contribution in [2.75, 3.05) is 0 Å². The van der Waals surface area contributed by atoms with Gasteiger partial charge in [0.05, 0.1) is 4.92 Å². The zero-order chi connectivity index (χ0) is 20.1. The van der Waals surface area contributed by atoms with Gasteiger partial charge in [-0.1, -0.05) is 63.6 Å². The summed E-state index contributed by atoms with van der Waals surface area (Å²) in [6, 6.07) is 9.19. The van der Waals surface area contributed by atoms with Crippen molar-refractivity contribution in [2.45, 2.75) is 44.3 Å². The Morgan fingerprint density at radius 1 is 1.22 bits per heavy atom. The fourth-order valence-corrected chi connectivity index (χ4v) is 3.99. The van der Waals surface area contributed by atoms with E-state index >= 15 is 0 Å². The lowest BCUT2D eigenvalue weighted by Gasteiger charge is -2.27. The van der Waals surface area contributed by atoms with Crippen molar-refractivity contribution in [3.63, 3.8) is 0 Å². The van der Waals surface area contributed by atoms with Gasteiger partial charge in [-0.2, -0.15) is 0 Å². The molecule has 2 aromatic rings. The second kappa shape index (κ2) is 6.32. The minimum atomic E-state index is -2.32. The molecule has 27 heavy (non-hydrogen) atoms. The monoisotopic (exact) mass is 389 g/mol. The van der Waals surface area contributed by atoms with Crippen molar-refractivity contribution in [3.05, 3.63) is 68.8 Å². The number of nitro benzene ring substituents is 1. The molecule has 2 unspecified atom stereocenters. The van der Waals surface area contributed by atoms with Gasteiger partial charge in [0, 0.05) is 17.2 Å². The molecule has 1 heterocycles. The van der Waals surface area contributed by atoms with E-state index in [2.05, 4.69) is 0 Å². The lowest BCUT2D eigenvalue weighted by atomic mass is 9.89. The van der Waals surface area contributed by atoms with Crippen LogP contribution in [0.3, 0.4) is 0 Å². The SMILES string of the molecule is CC.CC(C)c1ccc2c(c1)OC1(O)c3c(cccc3[N+](=O)[O-])C(=O)C21Cl. The van der Waals surface area contributed by atoms with Gasteiger partial charge in [-0.15, -0.1) is 0 Å². The summed E-state index contributed by atoms with van der Waals surface area (Å²) >= 11 is 6.62. The van der Waals surface area contributed by atoms with Crippen LogP contribution in [-0.4, -0.2) is 15.8 Å². The van der Waals surface area contributed by atoms with Crippen LogP contribution in [0, 0.1) is 10.1 Å². The summed E-state index contributed by atoms with van der Waals surface area (Å²) in [7, 11) is 0. The number of carbonyl (C=O) groups excluding carboxylic acids is 1. The van der Waals surface area contributed by atoms with E-state index in [0.29, 0.717) is 5.56 Å². The molecule has 0 bridgehead atoms. The quantitative estimate of drug-likeness (QED) is 0.460. The van der Waals surface area contributed by atoms with Gasteiger partial charge < -0.3 is 9.84 Å². The van der Waals surface area contributed by atoms with E-state index in [4.69, 9.17) is 16.3 Å². The van der Waals surface area contributed by atoms with E-state index in [1.54, 1.807) is 12.1 Å². The molecule has 0 spiro atoms. The molecule has 1 aliphatic carbocycles. The zero-order valence-corrected chi connectivity index (χ0v) is 16.2. The number of hydrogen-bond acceptors (Lipinski definition) is 5. The first-order valence-electron chi connectivity index (χ1n) is 8.79. The predicted octanol–water partition coefficient (Wildman–Crippen LogP) is 4.61. The number of ether oxygens (including phenoxy) is 1. The van der Waals surface area contributed by atoms with Crippen molar-refractivity contribution in [1.82, 2.24) is 0 Å². The maximum absolute atomic E-state index is 13.0. The van der Waals surface area contributed by atoms with Gasteiger partial charge in [0.1, 0.15) is 11.3 Å². The number of alkyl halides is 1. The molecule has 0 saturated carbocycles. The van der Waals surface area contributed by atoms with Crippen LogP contribution in [-0.2, 0) is 10.7 Å². The van der Waals surface area contributed by atoms with E-state index in [0.717, 1.165) is 5.56 Å². The Hall–Kier alpha value is -2.44. The van der Waals surface area contributed by atoms with Crippen molar-refractivity contribution in [3.8, 4) is 5.75 Å². The second-order valence-corrected chi connectivity index (χ2v) is 7.17. The summed E-state index contributed by atoms with van der Waals surface area (Å²) in [4.78, 5) is 21.8. The number of rotatable bonds is 2. The molecule has 6 nitrogen and oxygen atoms in total. The third-order valence-corrected chi connectivity index (χ3v) is 5.54. The van der Waals surface area contributed by atoms with E-state index in [1.807, 2.05) is 33.8 Å². The average Bonchev–Trinajstić information content (AvgIpc) is 2.99. The molecule has 7 heteroatoms. The van der Waals surface area contributed by atoms with Crippen molar-refractivity contribution in [1.29, 1.82) is 0 Å². The molecule has 142 valence electrons. The molecule has 0 radical (unpaired) electrons. The molecule has 2 aliphatic rings. The van der Waals surface area contributed by atoms with Gasteiger partial charge in [0.25, 0.3) is 11.5 Å². The summed E-state index contributed by atoms with van der Waals surface area (Å²) in [5, 5.41) is 22.6. The molecular formula is C20H20ClNO5. The number of carbonyl (C=O) groups is 1. The van der Waals surface area contributed by atoms with Crippen molar-refractivity contribution >= 4 is 23.1 Å². The number of ketones is 1. The average molecular weight is 390 g/mol. The Morgan fingerprint density at radius 2 is 1.89 bits per heavy atom. The number of Topliss-reactive ketones (excluding diaryl/α,β-unsaturated/α-hetero) is 1. The lowest BCUT2D eigenvalue weighted by Crippen LogP contribution is -2.44. The highest BCUT2D eigenvalue weighted by Gasteiger charge is 2.72. The minimum absolute atomic E-state index is 0.00489. The van der Waals surface area contributed by atoms with Crippen LogP contribution >= 0.6 is 11.6 Å². The third-order valence-electron chi connectivity index (χ3n) is 4.90. The minimum Gasteiger partial charge on any atom is -0.455 e. The van der Waals surface area contributed by atoms with Crippen LogP contribution in [0.1, 0.15) is 60.7 Å². The van der Waals surface area contributed by atoms with Gasteiger partial charge >= 0.3 is 0 Å². The molecule has 0 fully saturated rings. The lowest BCUT2D eigenvalue weighted by molar-refractivity contribution is -0.387. The van der Waals surface area contributed by atoms with Crippen LogP contribution in [0.4, 0.5) is 5.69 Å². The molecule has 2 aromatic carbocycles. The maximum atomic E-state index is 13.0. The van der Waals surface area contributed by atoms with Gasteiger partial charge in [0.2, 0.25) is 4.87 Å². The van der Waals surface area contributed by atoms with Gasteiger partial charge in [-0.05, 0) is 17.5 Å². The van der Waals surface area contributed by atoms with Crippen LogP contribution in [0.25, 0.3) is 0 Å². The summed E-state index contributed by atoms with van der Waals surface area (Å²) in [5.74, 6) is -2.46. The van der Waals surface area contributed by atoms with E-state index in [9.17, 15) is 20.0 Å². The zero-order valence-electron chi connectivity index (χ0n) is 15.4. The van der Waals surface area contributed by atoms with E-state index in [-0.39, 0.29) is 22.8 Å². The Labute approximate surface area is 161 Å². The van der Waals surface area contributed by atoms with E-state index in [1.165, 1.54) is 18.2 Å². The van der Waals surface area contributed by atoms with Crippen LogP contribution in [0.5, 0.6) is 5.75 Å². The summed E-state index contributed by atoms with van der Waals surface area (Å²) < 4.78 is 5.70. The summed E-state index contributed by atoms with van der Waals surface area (Å²) in [5.41, 5.74) is 0.676. The number of halogens is 1. The molecule has 4 rings (SSSR count). The Balaban J connectivity index is 0.00000102. The van der Waals surface area contributed by atoms with Gasteiger partial charge in [0.15, 0.2) is 5.78 Å². The number of nitro groups is 1. The highest BCUT2D eigenvalue weighted by Crippen LogP contribution is 2.63. The first-order valence-corrected chi connectivity index (χ1v) is 9.17. The normalized spacial score (nSPS) is 24.5. The molecular weight excluding hydrogens is 370 g/mol. The number of benzene rings is 2. The maximum Gasteiger partial charge on any atom is 0.280 e. The highest BCUT2D eigenvalue weighted by molar-refractivity contribution is 6.41. The second-order valence-electron chi connectivity index (χ2n) is 6.60. The third kappa shape index (κ3) is 2.33. The number of aliphatic hydroxyl groups is 1.